The molecule has 0 radical (unpaired) electrons. The first-order valence-corrected chi connectivity index (χ1v) is 22.2. The van der Waals surface area contributed by atoms with Gasteiger partial charge in [0, 0.05) is 73.0 Å². The second-order valence-corrected chi connectivity index (χ2v) is 18.2. The lowest BCUT2D eigenvalue weighted by Gasteiger charge is -2.30. The van der Waals surface area contributed by atoms with Crippen molar-refractivity contribution in [2.45, 2.75) is 80.4 Å². The van der Waals surface area contributed by atoms with Crippen molar-refractivity contribution in [1.29, 1.82) is 0 Å². The number of fused-ring (bicyclic) bond motifs is 6. The monoisotopic (exact) mass is 825 g/mol. The van der Waals surface area contributed by atoms with E-state index in [0.29, 0.717) is 49.7 Å². The number of aliphatic carboxylic acids is 1. The third-order valence-corrected chi connectivity index (χ3v) is 13.1. The Hall–Kier alpha value is -4.92. The van der Waals surface area contributed by atoms with Crippen LogP contribution in [0.1, 0.15) is 70.9 Å². The summed E-state index contributed by atoms with van der Waals surface area (Å²) in [6.07, 6.45) is 16.4. The highest BCUT2D eigenvalue weighted by Gasteiger charge is 2.46. The van der Waals surface area contributed by atoms with Crippen molar-refractivity contribution < 1.29 is 45.2 Å². The zero-order valence-corrected chi connectivity index (χ0v) is 35.0. The van der Waals surface area contributed by atoms with E-state index in [-0.39, 0.29) is 22.6 Å². The molecule has 2 aliphatic rings. The first kappa shape index (κ1) is 42.7. The Bertz CT molecular complexity index is 2660. The third kappa shape index (κ3) is 8.19. The second-order valence-electron chi connectivity index (χ2n) is 15.4. The number of hydrogen-bond acceptors (Lipinski definition) is 9. The Morgan fingerprint density at radius 2 is 1.57 bits per heavy atom. The van der Waals surface area contributed by atoms with Crippen molar-refractivity contribution in [1.82, 2.24) is 0 Å². The molecule has 2 aliphatic heterocycles. The van der Waals surface area contributed by atoms with E-state index >= 15 is 0 Å². The van der Waals surface area contributed by atoms with Gasteiger partial charge in [-0.15, -0.1) is 0 Å². The molecule has 2 heterocycles. The smallest absolute Gasteiger partial charge is 0.303 e. The lowest BCUT2D eigenvalue weighted by atomic mass is 9.76. The molecule has 58 heavy (non-hydrogen) atoms. The molecule has 0 saturated heterocycles. The van der Waals surface area contributed by atoms with Crippen LogP contribution in [0.4, 0.5) is 11.4 Å². The molecular weight excluding hydrogens is 777 g/mol. The van der Waals surface area contributed by atoms with Crippen LogP contribution in [-0.4, -0.2) is 74.1 Å². The van der Waals surface area contributed by atoms with E-state index in [1.807, 2.05) is 54.9 Å². The average molecular weight is 826 g/mol. The molecule has 0 saturated carbocycles. The topological polar surface area (TPSA) is 167 Å². The molecule has 1 atom stereocenters. The molecular formula is C45H49N2O9S2-. The largest absolute Gasteiger partial charge is 0.744 e. The number of methoxy groups -OCH3 is 1. The molecule has 1 N–H and O–H groups in total. The van der Waals surface area contributed by atoms with E-state index < -0.39 is 41.4 Å². The number of anilines is 1. The standard InChI is InChI=1S/C45H50N2O9S2/c1-6-46-37-24-22-31-17-14-15-18-33(31)43(37)45(4,26-28-56-5)40(46)20-12-9-7-8-11-19-39-44(2,3)42-35-29-32(57(50,51)52)30-38(58(53,54)55)34(35)23-25-36(42)47(39)27-16-10-13-21-41(48)49/h7-9,11-12,14-15,17-20,22-25,29-30H,6,10,13,16,21,26-28H2,1-5H3,(H2-,48,49,50,51,52,53,54,55)/p-1. The molecule has 1 unspecified atom stereocenters. The predicted octanol–water partition coefficient (Wildman–Crippen LogP) is 8.21. The number of ether oxygens (including phenoxy) is 1. The summed E-state index contributed by atoms with van der Waals surface area (Å²) in [7, 11) is -8.55. The molecule has 11 nitrogen and oxygen atoms in total. The molecule has 0 aromatic heterocycles. The van der Waals surface area contributed by atoms with Crippen LogP contribution in [-0.2, 0) is 40.6 Å². The van der Waals surface area contributed by atoms with Gasteiger partial charge in [-0.1, -0.05) is 60.7 Å². The van der Waals surface area contributed by atoms with Crippen LogP contribution in [0.25, 0.3) is 21.5 Å². The minimum Gasteiger partial charge on any atom is -0.744 e. The van der Waals surface area contributed by atoms with Crippen LogP contribution in [0.2, 0.25) is 0 Å². The molecule has 4 aromatic rings. The SMILES string of the molecule is CCN1/C(=C/C=C/C=C/C=C/C2=[N+](CCCCCC(=O)O)c3ccc4c(S(=O)(=O)[O-])cc(S(=O)(=O)[O-])cc4c3C2(C)C)C(C)(CCOC)c2c1ccc1ccccc21. The van der Waals surface area contributed by atoms with Crippen LogP contribution in [0, 0.1) is 0 Å². The highest BCUT2D eigenvalue weighted by molar-refractivity contribution is 7.86. The van der Waals surface area contributed by atoms with Gasteiger partial charge in [0.2, 0.25) is 5.69 Å². The van der Waals surface area contributed by atoms with Crippen LogP contribution in [0.5, 0.6) is 0 Å². The van der Waals surface area contributed by atoms with Crippen LogP contribution in [0.3, 0.4) is 0 Å². The summed E-state index contributed by atoms with van der Waals surface area (Å²) in [6, 6.07) is 17.8. The number of carbonyl (C=O) groups is 1. The summed E-state index contributed by atoms with van der Waals surface area (Å²) in [5.74, 6) is -0.871. The van der Waals surface area contributed by atoms with Crippen molar-refractivity contribution in [3.8, 4) is 0 Å². The average Bonchev–Trinajstić information content (AvgIpc) is 3.54. The quantitative estimate of drug-likeness (QED) is 0.0503. The van der Waals surface area contributed by atoms with Gasteiger partial charge < -0.3 is 23.8 Å². The number of nitrogens with zero attached hydrogens (tertiary/aromatic N) is 2. The van der Waals surface area contributed by atoms with Crippen molar-refractivity contribution in [3.63, 3.8) is 0 Å². The summed E-state index contributed by atoms with van der Waals surface area (Å²) < 4.78 is 81.2. The summed E-state index contributed by atoms with van der Waals surface area (Å²) in [6.45, 7) is 10.2. The molecule has 0 spiro atoms. The fourth-order valence-corrected chi connectivity index (χ4v) is 10.1. The Balaban J connectivity index is 1.35. The number of carboxylic acids is 1. The van der Waals surface area contributed by atoms with Gasteiger partial charge in [0.05, 0.1) is 15.2 Å². The highest BCUT2D eigenvalue weighted by Crippen LogP contribution is 2.52. The lowest BCUT2D eigenvalue weighted by Crippen LogP contribution is -2.29. The molecule has 13 heteroatoms. The van der Waals surface area contributed by atoms with Crippen LogP contribution >= 0.6 is 0 Å². The Kier molecular flexibility index (Phi) is 12.3. The number of carboxylic acid groups (broad SMARTS) is 1. The van der Waals surface area contributed by atoms with E-state index in [1.54, 1.807) is 13.2 Å². The minimum absolute atomic E-state index is 0.0264. The second kappa shape index (κ2) is 16.7. The Labute approximate surface area is 340 Å². The fraction of sp³-hybridized carbons (Fsp3) is 0.333. The van der Waals surface area contributed by atoms with E-state index in [2.05, 4.69) is 61.2 Å². The van der Waals surface area contributed by atoms with Gasteiger partial charge in [0.15, 0.2) is 5.71 Å². The van der Waals surface area contributed by atoms with Crippen LogP contribution in [0.15, 0.2) is 119 Å². The van der Waals surface area contributed by atoms with Gasteiger partial charge in [-0.3, -0.25) is 4.79 Å². The van der Waals surface area contributed by atoms with Gasteiger partial charge in [0.25, 0.3) is 0 Å². The molecule has 0 fully saturated rings. The summed E-state index contributed by atoms with van der Waals surface area (Å²) in [4.78, 5) is 11.9. The molecule has 306 valence electrons. The molecule has 0 bridgehead atoms. The summed E-state index contributed by atoms with van der Waals surface area (Å²) in [5, 5.41) is 11.8. The highest BCUT2D eigenvalue weighted by atomic mass is 32.2. The normalized spacial score (nSPS) is 18.9. The first-order chi connectivity index (χ1) is 27.4. The van der Waals surface area contributed by atoms with Gasteiger partial charge in [0.1, 0.15) is 26.8 Å². The van der Waals surface area contributed by atoms with Gasteiger partial charge in [-0.25, -0.2) is 16.8 Å². The predicted molar refractivity (Wildman–Crippen MR) is 225 cm³/mol. The van der Waals surface area contributed by atoms with Crippen LogP contribution < -0.4 is 4.90 Å². The molecule has 6 rings (SSSR count). The lowest BCUT2D eigenvalue weighted by molar-refractivity contribution is -0.438. The maximum Gasteiger partial charge on any atom is 0.303 e. The van der Waals surface area contributed by atoms with E-state index in [4.69, 9.17) is 9.84 Å². The first-order valence-electron chi connectivity index (χ1n) is 19.4. The molecule has 4 aromatic carbocycles. The Morgan fingerprint density at radius 1 is 0.845 bits per heavy atom. The minimum atomic E-state index is -5.15. The number of likely N-dealkylation sites (N-methyl/N-ethyl adjacent to an activating group) is 1. The molecule has 0 amide bonds. The van der Waals surface area contributed by atoms with Crippen molar-refractivity contribution in [3.05, 3.63) is 120 Å². The number of hydrogen-bond donors (Lipinski definition) is 1. The maximum atomic E-state index is 12.4. The van der Waals surface area contributed by atoms with Gasteiger partial charge >= 0.3 is 5.97 Å². The summed E-state index contributed by atoms with van der Waals surface area (Å²) >= 11 is 0. The fourth-order valence-electron chi connectivity index (χ4n) is 8.73. The molecule has 0 aliphatic carbocycles. The summed E-state index contributed by atoms with van der Waals surface area (Å²) in [5.41, 5.74) is 4.62. The number of unbranched alkanes of at least 4 members (excludes halogenated alkanes) is 2. The van der Waals surface area contributed by atoms with E-state index in [0.717, 1.165) is 24.7 Å². The maximum absolute atomic E-state index is 12.4. The number of rotatable bonds is 16. The van der Waals surface area contributed by atoms with E-state index in [9.17, 15) is 30.7 Å². The zero-order chi connectivity index (χ0) is 42.0. The van der Waals surface area contributed by atoms with Crippen molar-refractivity contribution >= 4 is 64.8 Å². The van der Waals surface area contributed by atoms with Gasteiger partial charge in [-0.2, -0.15) is 4.58 Å². The van der Waals surface area contributed by atoms with Crippen molar-refractivity contribution in [2.24, 2.45) is 0 Å². The number of allylic oxidation sites excluding steroid dienone is 8. The van der Waals surface area contributed by atoms with Gasteiger partial charge in [-0.05, 0) is 99.0 Å². The van der Waals surface area contributed by atoms with Crippen molar-refractivity contribution in [2.75, 3.05) is 31.7 Å². The third-order valence-electron chi connectivity index (χ3n) is 11.4. The van der Waals surface area contributed by atoms with E-state index in [1.165, 1.54) is 33.8 Å². The number of benzene rings is 4. The Morgan fingerprint density at radius 3 is 2.26 bits per heavy atom. The zero-order valence-electron chi connectivity index (χ0n) is 33.4.